The lowest BCUT2D eigenvalue weighted by molar-refractivity contribution is -0.0228. The Kier molecular flexibility index (Phi) is 5.42. The predicted molar refractivity (Wildman–Crippen MR) is 121 cm³/mol. The van der Waals surface area contributed by atoms with Crippen LogP contribution in [-0.2, 0) is 4.74 Å². The number of ether oxygens (including phenoxy) is 2. The summed E-state index contributed by atoms with van der Waals surface area (Å²) < 4.78 is 11.6. The van der Waals surface area contributed by atoms with Crippen molar-refractivity contribution in [1.29, 1.82) is 0 Å². The Morgan fingerprint density at radius 3 is 3.00 bits per heavy atom. The first-order chi connectivity index (χ1) is 15.6. The van der Waals surface area contributed by atoms with Crippen LogP contribution in [0.15, 0.2) is 58.8 Å². The summed E-state index contributed by atoms with van der Waals surface area (Å²) >= 11 is 1.22. The van der Waals surface area contributed by atoms with Crippen LogP contribution in [0.4, 0.5) is 0 Å². The number of hydrogen-bond acceptors (Lipinski definition) is 7. The van der Waals surface area contributed by atoms with Gasteiger partial charge in [-0.3, -0.25) is 14.6 Å². The molecule has 4 aromatic rings. The molecular formula is C23H20N4O4S. The molecule has 0 spiro atoms. The molecule has 5 rings (SSSR count). The molecule has 0 bridgehead atoms. The molecule has 0 aliphatic carbocycles. The number of carbonyl (C=O) groups is 1. The van der Waals surface area contributed by atoms with Crippen LogP contribution in [0.1, 0.15) is 22.0 Å². The van der Waals surface area contributed by atoms with Crippen molar-refractivity contribution in [2.75, 3.05) is 26.8 Å². The first-order valence-electron chi connectivity index (χ1n) is 10.1. The van der Waals surface area contributed by atoms with E-state index in [0.717, 1.165) is 11.3 Å². The minimum absolute atomic E-state index is 0.169. The van der Waals surface area contributed by atoms with E-state index in [0.29, 0.717) is 47.0 Å². The van der Waals surface area contributed by atoms with Gasteiger partial charge in [-0.1, -0.05) is 18.2 Å². The first kappa shape index (κ1) is 20.3. The number of morpholine rings is 1. The molecule has 1 aliphatic rings. The van der Waals surface area contributed by atoms with Crippen molar-refractivity contribution < 1.29 is 14.3 Å². The van der Waals surface area contributed by atoms with E-state index < -0.39 is 0 Å². The summed E-state index contributed by atoms with van der Waals surface area (Å²) in [6.45, 7) is 1.29. The summed E-state index contributed by atoms with van der Waals surface area (Å²) in [6, 6.07) is 13.0. The molecule has 1 aliphatic heterocycles. The van der Waals surface area contributed by atoms with Gasteiger partial charge < -0.3 is 19.4 Å². The lowest BCUT2D eigenvalue weighted by Crippen LogP contribution is -2.42. The summed E-state index contributed by atoms with van der Waals surface area (Å²) in [4.78, 5) is 39.4. The number of thiophene rings is 1. The third-order valence-corrected chi connectivity index (χ3v) is 6.35. The lowest BCUT2D eigenvalue weighted by Gasteiger charge is -2.33. The van der Waals surface area contributed by atoms with Crippen LogP contribution in [0.3, 0.4) is 0 Å². The second kappa shape index (κ2) is 8.52. The third-order valence-electron chi connectivity index (χ3n) is 5.38. The Labute approximate surface area is 187 Å². The Morgan fingerprint density at radius 2 is 2.19 bits per heavy atom. The summed E-state index contributed by atoms with van der Waals surface area (Å²) in [5.41, 5.74) is 2.02. The molecule has 32 heavy (non-hydrogen) atoms. The van der Waals surface area contributed by atoms with E-state index in [1.807, 2.05) is 30.3 Å². The number of carbonyl (C=O) groups excluding carboxylic acids is 1. The van der Waals surface area contributed by atoms with Crippen molar-refractivity contribution in [3.63, 3.8) is 0 Å². The average Bonchev–Trinajstić information content (AvgIpc) is 3.29. The maximum Gasteiger partial charge on any atom is 0.269 e. The van der Waals surface area contributed by atoms with Crippen molar-refractivity contribution in [3.05, 3.63) is 75.5 Å². The van der Waals surface area contributed by atoms with E-state index >= 15 is 0 Å². The van der Waals surface area contributed by atoms with Gasteiger partial charge in [0.15, 0.2) is 5.82 Å². The zero-order valence-corrected chi connectivity index (χ0v) is 18.1. The molecule has 1 unspecified atom stereocenters. The summed E-state index contributed by atoms with van der Waals surface area (Å²) in [7, 11) is 1.62. The van der Waals surface area contributed by atoms with Crippen molar-refractivity contribution in [2.45, 2.75) is 6.10 Å². The zero-order chi connectivity index (χ0) is 22.1. The van der Waals surface area contributed by atoms with E-state index in [1.54, 1.807) is 35.7 Å². The first-order valence-corrected chi connectivity index (χ1v) is 11.0. The lowest BCUT2D eigenvalue weighted by atomic mass is 10.1. The fourth-order valence-electron chi connectivity index (χ4n) is 3.75. The molecular weight excluding hydrogens is 428 g/mol. The number of benzene rings is 1. The fraction of sp³-hybridized carbons (Fsp3) is 0.217. The molecule has 1 aromatic carbocycles. The highest BCUT2D eigenvalue weighted by molar-refractivity contribution is 7.17. The SMILES string of the molecule is COc1cccc(C2CN(C(=O)c3csc4c(=O)[nH]c(-c5ccccn5)nc34)CCO2)c1. The highest BCUT2D eigenvalue weighted by Gasteiger charge is 2.28. The monoisotopic (exact) mass is 448 g/mol. The summed E-state index contributed by atoms with van der Waals surface area (Å²) in [6.07, 6.45) is 1.37. The van der Waals surface area contributed by atoms with Gasteiger partial charge in [0.05, 0.1) is 25.8 Å². The molecule has 9 heteroatoms. The van der Waals surface area contributed by atoms with Gasteiger partial charge in [-0.2, -0.15) is 0 Å². The van der Waals surface area contributed by atoms with Crippen LogP contribution < -0.4 is 10.3 Å². The molecule has 1 N–H and O–H groups in total. The van der Waals surface area contributed by atoms with Crippen molar-refractivity contribution in [2.24, 2.45) is 0 Å². The number of aromatic amines is 1. The second-order valence-corrected chi connectivity index (χ2v) is 8.22. The van der Waals surface area contributed by atoms with Gasteiger partial charge in [0, 0.05) is 18.1 Å². The Morgan fingerprint density at radius 1 is 1.28 bits per heavy atom. The minimum Gasteiger partial charge on any atom is -0.497 e. The summed E-state index contributed by atoms with van der Waals surface area (Å²) in [5, 5.41) is 1.70. The van der Waals surface area contributed by atoms with Gasteiger partial charge in [0.25, 0.3) is 11.5 Å². The van der Waals surface area contributed by atoms with E-state index in [4.69, 9.17) is 9.47 Å². The van der Waals surface area contributed by atoms with Crippen molar-refractivity contribution >= 4 is 27.5 Å². The number of amides is 1. The van der Waals surface area contributed by atoms with Crippen LogP contribution in [0, 0.1) is 0 Å². The van der Waals surface area contributed by atoms with Crippen molar-refractivity contribution in [3.8, 4) is 17.3 Å². The topological polar surface area (TPSA) is 97.4 Å². The Bertz CT molecular complexity index is 1330. The van der Waals surface area contributed by atoms with E-state index in [1.165, 1.54) is 11.3 Å². The van der Waals surface area contributed by atoms with E-state index in [2.05, 4.69) is 15.0 Å². The largest absolute Gasteiger partial charge is 0.497 e. The van der Waals surface area contributed by atoms with Crippen LogP contribution in [0.25, 0.3) is 21.7 Å². The average molecular weight is 449 g/mol. The standard InChI is InChI=1S/C23H20N4O4S/c1-30-15-6-4-5-14(11-15)18-12-27(9-10-31-18)23(29)16-13-32-20-19(16)25-21(26-22(20)28)17-7-2-3-8-24-17/h2-8,11,13,18H,9-10,12H2,1H3,(H,25,26,28). The van der Waals surface area contributed by atoms with Crippen LogP contribution in [0.5, 0.6) is 5.75 Å². The van der Waals surface area contributed by atoms with Crippen LogP contribution in [0.2, 0.25) is 0 Å². The smallest absolute Gasteiger partial charge is 0.269 e. The highest BCUT2D eigenvalue weighted by Crippen LogP contribution is 2.29. The molecule has 1 fully saturated rings. The molecule has 0 radical (unpaired) electrons. The highest BCUT2D eigenvalue weighted by atomic mass is 32.1. The van der Waals surface area contributed by atoms with E-state index in [9.17, 15) is 9.59 Å². The van der Waals surface area contributed by atoms with Gasteiger partial charge in [-0.25, -0.2) is 4.98 Å². The van der Waals surface area contributed by atoms with Gasteiger partial charge in [-0.15, -0.1) is 11.3 Å². The molecule has 1 saturated heterocycles. The fourth-order valence-corrected chi connectivity index (χ4v) is 4.62. The zero-order valence-electron chi connectivity index (χ0n) is 17.3. The maximum absolute atomic E-state index is 13.4. The van der Waals surface area contributed by atoms with Gasteiger partial charge >= 0.3 is 0 Å². The molecule has 1 atom stereocenters. The van der Waals surface area contributed by atoms with Gasteiger partial charge in [-0.05, 0) is 29.8 Å². The minimum atomic E-state index is -0.282. The van der Waals surface area contributed by atoms with Crippen molar-refractivity contribution in [1.82, 2.24) is 19.9 Å². The quantitative estimate of drug-likeness (QED) is 0.515. The molecule has 8 nitrogen and oxygen atoms in total. The predicted octanol–water partition coefficient (Wildman–Crippen LogP) is 3.27. The number of nitrogens with one attached hydrogen (secondary N) is 1. The van der Waals surface area contributed by atoms with Crippen LogP contribution in [-0.4, -0.2) is 52.6 Å². The number of pyridine rings is 1. The Balaban J connectivity index is 1.46. The number of methoxy groups -OCH3 is 1. The molecule has 4 heterocycles. The van der Waals surface area contributed by atoms with Gasteiger partial charge in [0.1, 0.15) is 27.8 Å². The molecule has 162 valence electrons. The van der Waals surface area contributed by atoms with Gasteiger partial charge in [0.2, 0.25) is 0 Å². The Hall–Kier alpha value is -3.56. The van der Waals surface area contributed by atoms with E-state index in [-0.39, 0.29) is 17.6 Å². The number of H-pyrrole nitrogens is 1. The maximum atomic E-state index is 13.4. The molecule has 3 aromatic heterocycles. The van der Waals surface area contributed by atoms with Crippen LogP contribution >= 0.6 is 11.3 Å². The second-order valence-electron chi connectivity index (χ2n) is 7.34. The number of aromatic nitrogens is 3. The molecule has 0 saturated carbocycles. The summed E-state index contributed by atoms with van der Waals surface area (Å²) in [5.74, 6) is 0.910. The number of nitrogens with zero attached hydrogens (tertiary/aromatic N) is 3. The number of hydrogen-bond donors (Lipinski definition) is 1. The normalized spacial score (nSPS) is 16.3. The third kappa shape index (κ3) is 3.76. The molecule has 1 amide bonds. The number of fused-ring (bicyclic) bond motifs is 1. The number of rotatable bonds is 4.